The van der Waals surface area contributed by atoms with Crippen LogP contribution in [-0.4, -0.2) is 29.1 Å². The summed E-state index contributed by atoms with van der Waals surface area (Å²) in [7, 11) is 0. The summed E-state index contributed by atoms with van der Waals surface area (Å²) in [5.74, 6) is 0. The molecule has 2 saturated heterocycles. The van der Waals surface area contributed by atoms with E-state index in [1.54, 1.807) is 0 Å². The van der Waals surface area contributed by atoms with E-state index in [-0.39, 0.29) is 12.1 Å². The van der Waals surface area contributed by atoms with Gasteiger partial charge in [0.2, 0.25) is 0 Å². The lowest BCUT2D eigenvalue weighted by molar-refractivity contribution is 0.153. The van der Waals surface area contributed by atoms with E-state index < -0.39 is 0 Å². The molecule has 3 unspecified atom stereocenters. The van der Waals surface area contributed by atoms with E-state index in [1.165, 1.54) is 0 Å². The molecule has 0 N–H and O–H groups in total. The van der Waals surface area contributed by atoms with Gasteiger partial charge in [-0.2, -0.15) is 0 Å². The average molecular weight is 403 g/mol. The van der Waals surface area contributed by atoms with Gasteiger partial charge in [-0.25, -0.2) is 4.79 Å². The van der Waals surface area contributed by atoms with Gasteiger partial charge in [-0.1, -0.05) is 41.1 Å². The Labute approximate surface area is 159 Å². The lowest BCUT2D eigenvalue weighted by atomic mass is 9.97. The molecule has 0 saturated carbocycles. The zero-order chi connectivity index (χ0) is 17.8. The molecule has 0 spiro atoms. The maximum atomic E-state index is 13.4. The summed E-state index contributed by atoms with van der Waals surface area (Å²) in [5.41, 5.74) is 0.991. The molecule has 3 rings (SSSR count). The van der Waals surface area contributed by atoms with Crippen LogP contribution < -0.4 is 4.90 Å². The normalized spacial score (nSPS) is 26.3. The summed E-state index contributed by atoms with van der Waals surface area (Å²) >= 11 is 3.49. The summed E-state index contributed by atoms with van der Waals surface area (Å²) in [6.07, 6.45) is 12.5. The van der Waals surface area contributed by atoms with Crippen molar-refractivity contribution in [2.24, 2.45) is 0 Å². The fourth-order valence-electron chi connectivity index (χ4n) is 4.17. The number of nitrogens with zero attached hydrogens (tertiary/aromatic N) is 2. The molecule has 2 aliphatic rings. The van der Waals surface area contributed by atoms with Crippen LogP contribution in [0.2, 0.25) is 0 Å². The van der Waals surface area contributed by atoms with Crippen LogP contribution in [0.3, 0.4) is 0 Å². The molecule has 2 aliphatic heterocycles. The minimum absolute atomic E-state index is 0.165. The number of hydrogen-bond acceptors (Lipinski definition) is 1. The highest BCUT2D eigenvalue weighted by molar-refractivity contribution is 9.10. The first-order valence-corrected chi connectivity index (χ1v) is 10.1. The molecule has 0 aliphatic carbocycles. The Morgan fingerprint density at radius 1 is 1.16 bits per heavy atom. The average Bonchev–Trinajstić information content (AvgIpc) is 3.00. The van der Waals surface area contributed by atoms with Crippen molar-refractivity contribution in [3.63, 3.8) is 0 Å². The monoisotopic (exact) mass is 402 g/mol. The van der Waals surface area contributed by atoms with Crippen molar-refractivity contribution in [3.05, 3.63) is 53.5 Å². The maximum Gasteiger partial charge on any atom is 0.325 e. The smallest absolute Gasteiger partial charge is 0.318 e. The first-order chi connectivity index (χ1) is 12.2. The molecular formula is C21H27BrN2O. The van der Waals surface area contributed by atoms with Crippen LogP contribution >= 0.6 is 15.9 Å². The van der Waals surface area contributed by atoms with Crippen molar-refractivity contribution in [1.82, 2.24) is 4.90 Å². The van der Waals surface area contributed by atoms with Crippen molar-refractivity contribution >= 4 is 27.6 Å². The minimum atomic E-state index is 0.165. The Bertz CT molecular complexity index is 640. The van der Waals surface area contributed by atoms with Crippen molar-refractivity contribution in [2.45, 2.75) is 63.6 Å². The molecule has 2 fully saturated rings. The number of hydrogen-bond donors (Lipinski definition) is 0. The highest BCUT2D eigenvalue weighted by atomic mass is 79.9. The highest BCUT2D eigenvalue weighted by Crippen LogP contribution is 2.38. The number of benzene rings is 1. The van der Waals surface area contributed by atoms with Crippen molar-refractivity contribution in [1.29, 1.82) is 0 Å². The third kappa shape index (κ3) is 3.84. The molecule has 1 aromatic rings. The quantitative estimate of drug-likeness (QED) is 0.542. The van der Waals surface area contributed by atoms with Gasteiger partial charge in [-0.3, -0.25) is 4.90 Å². The Hall–Kier alpha value is -1.55. The Morgan fingerprint density at radius 2 is 1.92 bits per heavy atom. The number of urea groups is 1. The molecule has 2 heterocycles. The van der Waals surface area contributed by atoms with Crippen LogP contribution in [0.1, 0.15) is 45.4 Å². The lowest BCUT2D eigenvalue weighted by Crippen LogP contribution is -2.58. The molecule has 3 atom stereocenters. The first kappa shape index (κ1) is 18.2. The molecule has 0 radical (unpaired) electrons. The van der Waals surface area contributed by atoms with Crippen molar-refractivity contribution in [2.75, 3.05) is 4.90 Å². The first-order valence-electron chi connectivity index (χ1n) is 9.28. The number of rotatable bonds is 6. The highest BCUT2D eigenvalue weighted by Gasteiger charge is 2.45. The molecule has 1 aromatic carbocycles. The number of amides is 2. The number of anilines is 1. The second-order valence-electron chi connectivity index (χ2n) is 6.95. The lowest BCUT2D eigenvalue weighted by Gasteiger charge is -2.45. The zero-order valence-electron chi connectivity index (χ0n) is 14.9. The standard InChI is InChI=1S/C21H27BrN2O/c1-3-5-6-8-19-15-20-14-13-17(7-4-2)23(20)21(25)24(19)18-11-9-16(22)10-12-18/h4-6,9-12,17,19-20H,2-3,7-8,13-15H2,1H3/b6-5+. The van der Waals surface area contributed by atoms with Crippen LogP contribution in [0, 0.1) is 0 Å². The molecule has 3 nitrogen and oxygen atoms in total. The maximum absolute atomic E-state index is 13.4. The van der Waals surface area contributed by atoms with Crippen molar-refractivity contribution in [3.8, 4) is 0 Å². The molecule has 2 amide bonds. The molecule has 25 heavy (non-hydrogen) atoms. The molecule has 0 aromatic heterocycles. The Kier molecular flexibility index (Phi) is 6.00. The van der Waals surface area contributed by atoms with E-state index in [2.05, 4.69) is 46.5 Å². The molecule has 0 bridgehead atoms. The van der Waals surface area contributed by atoms with E-state index in [9.17, 15) is 4.79 Å². The van der Waals surface area contributed by atoms with Crippen LogP contribution in [0.5, 0.6) is 0 Å². The predicted molar refractivity (Wildman–Crippen MR) is 108 cm³/mol. The Balaban J connectivity index is 1.90. The van der Waals surface area contributed by atoms with Gasteiger partial charge >= 0.3 is 6.03 Å². The SMILES string of the molecule is C=CCC1CCC2CC(C/C=C/CC)N(c3ccc(Br)cc3)C(=O)N12. The van der Waals surface area contributed by atoms with Crippen LogP contribution in [0.25, 0.3) is 0 Å². The predicted octanol–water partition coefficient (Wildman–Crippen LogP) is 5.91. The van der Waals surface area contributed by atoms with Crippen LogP contribution in [0.4, 0.5) is 10.5 Å². The number of allylic oxidation sites excluding steroid dienone is 1. The molecule has 4 heteroatoms. The third-order valence-corrected chi connectivity index (χ3v) is 5.84. The summed E-state index contributed by atoms with van der Waals surface area (Å²) in [6, 6.07) is 9.19. The van der Waals surface area contributed by atoms with E-state index in [1.807, 2.05) is 35.2 Å². The van der Waals surface area contributed by atoms with E-state index in [4.69, 9.17) is 0 Å². The number of carbonyl (C=O) groups excluding carboxylic acids is 1. The summed E-state index contributed by atoms with van der Waals surface area (Å²) in [4.78, 5) is 17.5. The topological polar surface area (TPSA) is 23.6 Å². The Morgan fingerprint density at radius 3 is 2.60 bits per heavy atom. The number of fused-ring (bicyclic) bond motifs is 1. The van der Waals surface area contributed by atoms with Crippen LogP contribution in [0.15, 0.2) is 53.5 Å². The number of carbonyl (C=O) groups is 1. The summed E-state index contributed by atoms with van der Waals surface area (Å²) in [6.45, 7) is 6.02. The van der Waals surface area contributed by atoms with Gasteiger partial charge in [-0.05, 0) is 62.8 Å². The largest absolute Gasteiger partial charge is 0.325 e. The van der Waals surface area contributed by atoms with Gasteiger partial charge in [-0.15, -0.1) is 6.58 Å². The summed E-state index contributed by atoms with van der Waals surface area (Å²) < 4.78 is 1.03. The fourth-order valence-corrected chi connectivity index (χ4v) is 4.44. The van der Waals surface area contributed by atoms with Gasteiger partial charge in [0.25, 0.3) is 0 Å². The van der Waals surface area contributed by atoms with Gasteiger partial charge < -0.3 is 4.90 Å². The van der Waals surface area contributed by atoms with Gasteiger partial charge in [0, 0.05) is 28.3 Å². The van der Waals surface area contributed by atoms with E-state index in [0.717, 1.165) is 48.7 Å². The molecule has 134 valence electrons. The fraction of sp³-hybridized carbons (Fsp3) is 0.476. The second-order valence-corrected chi connectivity index (χ2v) is 7.87. The summed E-state index contributed by atoms with van der Waals surface area (Å²) in [5, 5.41) is 0. The van der Waals surface area contributed by atoms with Crippen molar-refractivity contribution < 1.29 is 4.79 Å². The van der Waals surface area contributed by atoms with E-state index in [0.29, 0.717) is 12.1 Å². The van der Waals surface area contributed by atoms with Crippen LogP contribution in [-0.2, 0) is 0 Å². The zero-order valence-corrected chi connectivity index (χ0v) is 16.5. The second kappa shape index (κ2) is 8.22. The van der Waals surface area contributed by atoms with E-state index >= 15 is 0 Å². The van der Waals surface area contributed by atoms with Gasteiger partial charge in [0.15, 0.2) is 0 Å². The number of halogens is 1. The van der Waals surface area contributed by atoms with Gasteiger partial charge in [0.05, 0.1) is 0 Å². The molecular weight excluding hydrogens is 376 g/mol. The van der Waals surface area contributed by atoms with Gasteiger partial charge in [0.1, 0.15) is 0 Å². The third-order valence-electron chi connectivity index (χ3n) is 5.31. The minimum Gasteiger partial charge on any atom is -0.318 e.